The summed E-state index contributed by atoms with van der Waals surface area (Å²) in [6.45, 7) is 4.88. The molecule has 1 N–H and O–H groups in total. The van der Waals surface area contributed by atoms with Crippen molar-refractivity contribution in [1.29, 1.82) is 0 Å². The molecule has 0 radical (unpaired) electrons. The van der Waals surface area contributed by atoms with Crippen LogP contribution in [0.25, 0.3) is 0 Å². The Morgan fingerprint density at radius 2 is 1.96 bits per heavy atom. The van der Waals surface area contributed by atoms with Gasteiger partial charge in [-0.05, 0) is 24.5 Å². The first-order valence-corrected chi connectivity index (χ1v) is 8.58. The number of nitrogens with one attached hydrogen (secondary N) is 1. The smallest absolute Gasteiger partial charge is 0.410 e. The summed E-state index contributed by atoms with van der Waals surface area (Å²) in [6, 6.07) is 7.68. The molecule has 0 unspecified atom stereocenters. The van der Waals surface area contributed by atoms with E-state index in [4.69, 9.17) is 4.74 Å². The number of carbonyl (C=O) groups excluding carboxylic acids is 3. The molecule has 2 aliphatic heterocycles. The zero-order chi connectivity index (χ0) is 18.0. The number of carbonyl (C=O) groups is 3. The van der Waals surface area contributed by atoms with E-state index < -0.39 is 18.2 Å². The molecule has 0 aromatic heterocycles. The molecule has 2 atom stereocenters. The molecule has 2 saturated heterocycles. The largest absolute Gasteiger partial charge is 0.415 e. The maximum Gasteiger partial charge on any atom is 0.415 e. The van der Waals surface area contributed by atoms with Crippen molar-refractivity contribution in [1.82, 2.24) is 15.1 Å². The van der Waals surface area contributed by atoms with E-state index in [0.29, 0.717) is 31.2 Å². The first kappa shape index (κ1) is 17.3. The summed E-state index contributed by atoms with van der Waals surface area (Å²) in [6.07, 6.45) is 0.114. The molecule has 2 aliphatic rings. The number of ether oxygens (including phenoxy) is 1. The van der Waals surface area contributed by atoms with Gasteiger partial charge < -0.3 is 19.9 Å². The van der Waals surface area contributed by atoms with E-state index in [2.05, 4.69) is 5.32 Å². The number of amides is 3. The lowest BCUT2D eigenvalue weighted by molar-refractivity contribution is -0.152. The number of rotatable bonds is 3. The van der Waals surface area contributed by atoms with Gasteiger partial charge in [0.25, 0.3) is 0 Å². The number of nitrogens with zero attached hydrogens (tertiary/aromatic N) is 2. The summed E-state index contributed by atoms with van der Waals surface area (Å²) in [4.78, 5) is 40.4. The zero-order valence-corrected chi connectivity index (χ0v) is 14.5. The maximum atomic E-state index is 12.6. The van der Waals surface area contributed by atoms with E-state index in [1.807, 2.05) is 19.9 Å². The van der Waals surface area contributed by atoms with Gasteiger partial charge in [0.15, 0.2) is 0 Å². The molecule has 3 rings (SSSR count). The van der Waals surface area contributed by atoms with Crippen LogP contribution < -0.4 is 10.1 Å². The second-order valence-corrected chi connectivity index (χ2v) is 6.87. The predicted octanol–water partition coefficient (Wildman–Crippen LogP) is 1.24. The van der Waals surface area contributed by atoms with Crippen molar-refractivity contribution in [3.8, 4) is 5.75 Å². The molecule has 3 amide bonds. The van der Waals surface area contributed by atoms with E-state index in [-0.39, 0.29) is 18.4 Å². The number of fused-ring (bicyclic) bond motifs is 1. The Morgan fingerprint density at radius 3 is 2.64 bits per heavy atom. The summed E-state index contributed by atoms with van der Waals surface area (Å²) >= 11 is 0. The number of para-hydroxylation sites is 1. The van der Waals surface area contributed by atoms with Crippen LogP contribution in [0.15, 0.2) is 30.3 Å². The Hall–Kier alpha value is -2.57. The minimum atomic E-state index is -0.645. The molecule has 7 nitrogen and oxygen atoms in total. The molecule has 25 heavy (non-hydrogen) atoms. The quantitative estimate of drug-likeness (QED) is 0.894. The fourth-order valence-electron chi connectivity index (χ4n) is 3.25. The fourth-order valence-corrected chi connectivity index (χ4v) is 3.25. The lowest BCUT2D eigenvalue weighted by Crippen LogP contribution is -2.69. The van der Waals surface area contributed by atoms with E-state index in [9.17, 15) is 14.4 Å². The highest BCUT2D eigenvalue weighted by Crippen LogP contribution is 2.20. The predicted molar refractivity (Wildman–Crippen MR) is 90.9 cm³/mol. The van der Waals surface area contributed by atoms with Crippen molar-refractivity contribution in [3.63, 3.8) is 0 Å². The lowest BCUT2D eigenvalue weighted by Gasteiger charge is -2.45. The third kappa shape index (κ3) is 3.75. The maximum absolute atomic E-state index is 12.6. The van der Waals surface area contributed by atoms with Gasteiger partial charge in [-0.15, -0.1) is 0 Å². The van der Waals surface area contributed by atoms with Crippen molar-refractivity contribution < 1.29 is 19.1 Å². The van der Waals surface area contributed by atoms with Gasteiger partial charge >= 0.3 is 6.09 Å². The Kier molecular flexibility index (Phi) is 4.92. The molecular formula is C18H23N3O4. The Balaban J connectivity index is 1.64. The molecule has 0 bridgehead atoms. The van der Waals surface area contributed by atoms with Gasteiger partial charge in [0.05, 0.1) is 6.54 Å². The first-order chi connectivity index (χ1) is 12.0. The summed E-state index contributed by atoms with van der Waals surface area (Å²) in [5.41, 5.74) is 0. The number of benzene rings is 1. The van der Waals surface area contributed by atoms with Gasteiger partial charge in [0, 0.05) is 13.1 Å². The van der Waals surface area contributed by atoms with Gasteiger partial charge in [-0.3, -0.25) is 9.59 Å². The van der Waals surface area contributed by atoms with Crippen LogP contribution in [0.2, 0.25) is 0 Å². The highest BCUT2D eigenvalue weighted by molar-refractivity contribution is 5.97. The SMILES string of the molecule is CC(C)C[C@H]1NC(=O)[C@H]2CN(C(=O)Oc3ccccc3)CCN2C1=O. The minimum absolute atomic E-state index is 0.0608. The number of piperazine rings is 2. The van der Waals surface area contributed by atoms with E-state index in [0.717, 1.165) is 0 Å². The standard InChI is InChI=1S/C18H23N3O4/c1-12(2)10-14-17(23)21-9-8-20(11-15(21)16(22)19-14)18(24)25-13-6-4-3-5-7-13/h3-7,12,14-15H,8-11H2,1-2H3,(H,19,22)/t14-,15-/m1/s1. The van der Waals surface area contributed by atoms with Crippen molar-refractivity contribution in [2.45, 2.75) is 32.4 Å². The molecule has 1 aromatic rings. The van der Waals surface area contributed by atoms with Crippen LogP contribution in [0.1, 0.15) is 20.3 Å². The topological polar surface area (TPSA) is 79.0 Å². The van der Waals surface area contributed by atoms with Crippen LogP contribution >= 0.6 is 0 Å². The Bertz CT molecular complexity index is 662. The lowest BCUT2D eigenvalue weighted by atomic mass is 9.97. The number of hydrogen-bond acceptors (Lipinski definition) is 4. The minimum Gasteiger partial charge on any atom is -0.410 e. The van der Waals surface area contributed by atoms with Crippen molar-refractivity contribution in [2.75, 3.05) is 19.6 Å². The van der Waals surface area contributed by atoms with Gasteiger partial charge in [0.1, 0.15) is 17.8 Å². The van der Waals surface area contributed by atoms with Gasteiger partial charge in [-0.2, -0.15) is 0 Å². The van der Waals surface area contributed by atoms with Gasteiger partial charge in [0.2, 0.25) is 11.8 Å². The molecule has 0 aliphatic carbocycles. The van der Waals surface area contributed by atoms with Crippen LogP contribution in [0.5, 0.6) is 5.75 Å². The third-order valence-corrected chi connectivity index (χ3v) is 4.49. The molecule has 2 fully saturated rings. The van der Waals surface area contributed by atoms with Crippen LogP contribution in [0, 0.1) is 5.92 Å². The van der Waals surface area contributed by atoms with Crippen molar-refractivity contribution >= 4 is 17.9 Å². The van der Waals surface area contributed by atoms with Crippen LogP contribution in [0.3, 0.4) is 0 Å². The van der Waals surface area contributed by atoms with Crippen LogP contribution in [-0.2, 0) is 9.59 Å². The molecule has 2 heterocycles. The Labute approximate surface area is 146 Å². The Morgan fingerprint density at radius 1 is 1.24 bits per heavy atom. The summed E-state index contributed by atoms with van der Waals surface area (Å²) < 4.78 is 5.32. The normalized spacial score (nSPS) is 23.3. The monoisotopic (exact) mass is 345 g/mol. The molecule has 7 heteroatoms. The van der Waals surface area contributed by atoms with Crippen molar-refractivity contribution in [2.24, 2.45) is 5.92 Å². The zero-order valence-electron chi connectivity index (χ0n) is 14.5. The highest BCUT2D eigenvalue weighted by atomic mass is 16.6. The van der Waals surface area contributed by atoms with Crippen LogP contribution in [-0.4, -0.2) is 59.4 Å². The molecular weight excluding hydrogens is 322 g/mol. The third-order valence-electron chi connectivity index (χ3n) is 4.49. The fraction of sp³-hybridized carbons (Fsp3) is 0.500. The average molecular weight is 345 g/mol. The molecule has 1 aromatic carbocycles. The second-order valence-electron chi connectivity index (χ2n) is 6.87. The van der Waals surface area contributed by atoms with Crippen LogP contribution in [0.4, 0.5) is 4.79 Å². The second kappa shape index (κ2) is 7.13. The summed E-state index contributed by atoms with van der Waals surface area (Å²) in [5, 5.41) is 2.80. The first-order valence-electron chi connectivity index (χ1n) is 8.58. The van der Waals surface area contributed by atoms with E-state index in [1.54, 1.807) is 29.2 Å². The van der Waals surface area contributed by atoms with Gasteiger partial charge in [-0.1, -0.05) is 32.0 Å². The highest BCUT2D eigenvalue weighted by Gasteiger charge is 2.44. The van der Waals surface area contributed by atoms with E-state index in [1.165, 1.54) is 4.90 Å². The molecule has 0 saturated carbocycles. The summed E-state index contributed by atoms with van der Waals surface area (Å²) in [5.74, 6) is 0.501. The molecule has 0 spiro atoms. The van der Waals surface area contributed by atoms with Crippen molar-refractivity contribution in [3.05, 3.63) is 30.3 Å². The molecule has 134 valence electrons. The number of hydrogen-bond donors (Lipinski definition) is 1. The van der Waals surface area contributed by atoms with Gasteiger partial charge in [-0.25, -0.2) is 4.79 Å². The van der Waals surface area contributed by atoms with E-state index >= 15 is 0 Å². The summed E-state index contributed by atoms with van der Waals surface area (Å²) in [7, 11) is 0. The average Bonchev–Trinajstić information content (AvgIpc) is 2.59.